The van der Waals surface area contributed by atoms with E-state index in [1.165, 1.54) is 89.0 Å². The second kappa shape index (κ2) is 39.3. The summed E-state index contributed by atoms with van der Waals surface area (Å²) in [7, 11) is -0.0128. The number of hydrogen-bond acceptors (Lipinski definition) is 19. The molecule has 0 spiro atoms. The Hall–Kier alpha value is -8.89. The second-order valence-corrected chi connectivity index (χ2v) is 45.1. The molecule has 3 aliphatic carbocycles. The Morgan fingerprint density at radius 1 is 0.538 bits per heavy atom. The molecule has 31 heteroatoms. The van der Waals surface area contributed by atoms with Crippen molar-refractivity contribution in [1.82, 2.24) is 73.3 Å². The standard InChI is InChI=1S/C32H42ClFN6O4Si.C31H40FN5O2Si.C22H20FN5O.C3H5.BrH.Mg/c1-18(2)45(19(3)4,20(5)6)39-16-23(26-29(39)36-17-37-30(26)43-10)27(41)22-12-14-25(38-28(22)34)40(31(42)44-32(7,8)9)21-11-13-24(33)35-15-21;1-18(2)40(19(3)4,20(5)6)37-16-25(27-30(37)34-17-35-31(27)39-7)28(38)24-12-11-23(36-29(24)32)14-21-8-13-26(33-15-21)22-9-10-22;1-29-22-19-16(11-25-21(19)26-12-27-22)9-15-5-6-17(28-20(15)23)8-13-2-7-18(24-10-13)14-3-4-14;1-2-3-1;;/h11-20,27,41H,1-10H3;8,11-13,15-20,22,28,38H,9-10,14H2,1-7H3;2,5-7,10-12,14H,3-4,8-9H2,1H3,(H,25,26,27);1H,2-3H2;1H;/q;;;-1;;+2/p-1. The van der Waals surface area contributed by atoms with Crippen molar-refractivity contribution in [2.24, 2.45) is 0 Å². The minimum atomic E-state index is -2.36. The van der Waals surface area contributed by atoms with Crippen LogP contribution in [-0.4, -0.2) is 156 Å². The van der Waals surface area contributed by atoms with Crippen LogP contribution in [0.1, 0.15) is 234 Å². The fourth-order valence-electron chi connectivity index (χ4n) is 17.1. The fourth-order valence-corrected chi connectivity index (χ4v) is 30.3. The largest absolute Gasteiger partial charge is 2.00 e. The number of hydrogen-bond donors (Lipinski definition) is 3. The summed E-state index contributed by atoms with van der Waals surface area (Å²) < 4.78 is 72.9. The molecule has 3 aliphatic rings. The summed E-state index contributed by atoms with van der Waals surface area (Å²) in [5.74, 6) is 0.163. The number of carbonyl (C=O) groups is 1. The zero-order valence-corrected chi connectivity index (χ0v) is 76.8. The van der Waals surface area contributed by atoms with Crippen molar-refractivity contribution in [3.63, 3.8) is 0 Å². The summed E-state index contributed by atoms with van der Waals surface area (Å²) in [5, 5.41) is 25.6. The molecule has 1 amide bonds. The molecule has 0 radical (unpaired) electrons. The molecule has 0 bridgehead atoms. The molecule has 0 saturated heterocycles. The first-order chi connectivity index (χ1) is 55.8. The summed E-state index contributed by atoms with van der Waals surface area (Å²) in [6.07, 6.45) is 22.9. The molecule has 3 saturated carbocycles. The maximum atomic E-state index is 16.0. The average Bonchev–Trinajstić information content (AvgIpc) is 1.59. The van der Waals surface area contributed by atoms with Gasteiger partial charge in [0.1, 0.15) is 64.7 Å². The summed E-state index contributed by atoms with van der Waals surface area (Å²) in [5.41, 5.74) is 11.5. The third kappa shape index (κ3) is 20.2. The summed E-state index contributed by atoms with van der Waals surface area (Å²) >= 11 is 5.97. The van der Waals surface area contributed by atoms with Crippen LogP contribution in [0.25, 0.3) is 33.1 Å². The van der Waals surface area contributed by atoms with Gasteiger partial charge in [0.15, 0.2) is 16.5 Å². The summed E-state index contributed by atoms with van der Waals surface area (Å²) in [6.45, 7) is 32.1. The molecule has 23 nitrogen and oxygen atoms in total. The van der Waals surface area contributed by atoms with Gasteiger partial charge in [0.2, 0.25) is 35.5 Å². The predicted octanol–water partition coefficient (Wildman–Crippen LogP) is 16.7. The Morgan fingerprint density at radius 2 is 0.975 bits per heavy atom. The number of aliphatic hydroxyl groups is 2. The number of carbonyl (C=O) groups excluding carboxylic acids is 1. The van der Waals surface area contributed by atoms with Crippen molar-refractivity contribution >= 4 is 102 Å². The molecular formula is C88H107BrClF3MgN16O7Si2. The Morgan fingerprint density at radius 3 is 1.36 bits per heavy atom. The fraction of sp³-hybridized carbons (Fsp3) is 0.432. The van der Waals surface area contributed by atoms with Crippen LogP contribution in [0.15, 0.2) is 129 Å². The zero-order valence-electron chi connectivity index (χ0n) is 71.1. The molecule has 15 rings (SSSR count). The molecule has 3 N–H and O–H groups in total. The van der Waals surface area contributed by atoms with Gasteiger partial charge in [0.25, 0.3) is 0 Å². The monoisotopic (exact) mass is 1750 g/mol. The number of rotatable bonds is 25. The molecule has 3 fully saturated rings. The Labute approximate surface area is 728 Å². The van der Waals surface area contributed by atoms with Gasteiger partial charge in [-0.25, -0.2) is 72.4 Å². The Bertz CT molecular complexity index is 5410. The predicted molar refractivity (Wildman–Crippen MR) is 460 cm³/mol. The first-order valence-electron chi connectivity index (χ1n) is 40.2. The van der Waals surface area contributed by atoms with E-state index >= 15 is 8.78 Å². The van der Waals surface area contributed by atoms with Crippen molar-refractivity contribution in [1.29, 1.82) is 0 Å². The quantitative estimate of drug-likeness (QED) is 0.0272. The van der Waals surface area contributed by atoms with Gasteiger partial charge >= 0.3 is 29.1 Å². The van der Waals surface area contributed by atoms with E-state index in [2.05, 4.69) is 181 Å². The van der Waals surface area contributed by atoms with Crippen LogP contribution >= 0.6 is 11.6 Å². The van der Waals surface area contributed by atoms with Crippen LogP contribution in [0.4, 0.5) is 29.5 Å². The topological polar surface area (TPSA) is 278 Å². The van der Waals surface area contributed by atoms with Crippen molar-refractivity contribution in [3.05, 3.63) is 226 Å². The number of anilines is 2. The van der Waals surface area contributed by atoms with Crippen LogP contribution in [0.5, 0.6) is 17.6 Å². The van der Waals surface area contributed by atoms with E-state index in [9.17, 15) is 19.4 Å². The number of aromatic nitrogens is 15. The normalized spacial score (nSPS) is 14.0. The number of aliphatic hydroxyl groups excluding tert-OH is 2. The van der Waals surface area contributed by atoms with Crippen LogP contribution in [-0.2, 0) is 24.0 Å². The minimum Gasteiger partial charge on any atom is -1.00 e. The maximum absolute atomic E-state index is 16.0. The average molecular weight is 1750 g/mol. The number of nitrogens with zero attached hydrogens (tertiary/aromatic N) is 15. The number of fused-ring (bicyclic) bond motifs is 3. The minimum absolute atomic E-state index is 0. The van der Waals surface area contributed by atoms with Crippen molar-refractivity contribution in [2.75, 3.05) is 26.2 Å². The molecule has 2 unspecified atom stereocenters. The molecule has 2 atom stereocenters. The van der Waals surface area contributed by atoms with Gasteiger partial charge in [-0.1, -0.05) is 113 Å². The molecule has 0 aromatic carbocycles. The molecule has 626 valence electrons. The third-order valence-corrected chi connectivity index (χ3v) is 36.2. The van der Waals surface area contributed by atoms with Crippen molar-refractivity contribution in [2.45, 2.75) is 225 Å². The van der Waals surface area contributed by atoms with Crippen LogP contribution < -0.4 is 36.1 Å². The van der Waals surface area contributed by atoms with Gasteiger partial charge < -0.3 is 66.0 Å². The third-order valence-electron chi connectivity index (χ3n) is 22.5. The number of H-pyrrole nitrogens is 1. The van der Waals surface area contributed by atoms with Crippen LogP contribution in [0.3, 0.4) is 0 Å². The zero-order chi connectivity index (χ0) is 84.1. The smallest absolute Gasteiger partial charge is 1.00 e. The molecule has 0 aliphatic heterocycles. The van der Waals surface area contributed by atoms with Gasteiger partial charge in [-0.05, 0) is 151 Å². The number of halogens is 5. The van der Waals surface area contributed by atoms with Gasteiger partial charge in [-0.3, -0.25) is 9.97 Å². The summed E-state index contributed by atoms with van der Waals surface area (Å²) in [4.78, 5) is 69.4. The van der Waals surface area contributed by atoms with E-state index in [1.807, 2.05) is 43.1 Å². The first kappa shape index (κ1) is 92.4. The molecule has 12 heterocycles. The SMILES string of the molecule is COc1ncnc2[nH]cc(Cc3ccc(Cc4ccc(C5CC5)nc4)nc3F)c12.COc1ncnc2c1c(C(O)c1ccc(Cc3ccc(C4CC4)nc3)nc1F)cn2[Si](C(C)C)(C(C)C)C(C)C.COc1ncnc2c1c(C(O)c1ccc(N(C(=O)OC(C)(C)C)c3ccc(Cl)nc3)nc1F)cn2[Si](C(C)C)(C(C)C)C(C)C.[Br-].[CH-]1CC1.[Mg+2]. The van der Waals surface area contributed by atoms with Gasteiger partial charge in [-0.2, -0.15) is 13.2 Å². The molecular weight excluding hydrogens is 1650 g/mol. The number of aromatic amines is 1. The number of amides is 1. The van der Waals surface area contributed by atoms with Crippen LogP contribution in [0, 0.1) is 24.3 Å². The van der Waals surface area contributed by atoms with Gasteiger partial charge in [0.05, 0.1) is 49.4 Å². The van der Waals surface area contributed by atoms with Crippen LogP contribution in [0.2, 0.25) is 38.4 Å². The molecule has 12 aromatic heterocycles. The summed E-state index contributed by atoms with van der Waals surface area (Å²) in [6, 6.07) is 21.2. The number of nitrogens with one attached hydrogen (secondary N) is 1. The van der Waals surface area contributed by atoms with E-state index in [4.69, 9.17) is 30.5 Å². The Kier molecular flexibility index (Phi) is 30.5. The Balaban J connectivity index is 0.000000186. The van der Waals surface area contributed by atoms with E-state index in [0.717, 1.165) is 44.0 Å². The van der Waals surface area contributed by atoms with Crippen molar-refractivity contribution < 1.29 is 64.1 Å². The maximum Gasteiger partial charge on any atom is 2.00 e. The van der Waals surface area contributed by atoms with E-state index < -0.39 is 58.2 Å². The number of methoxy groups -OCH3 is 3. The number of ether oxygens (including phenoxy) is 4. The van der Waals surface area contributed by atoms with E-state index in [1.54, 1.807) is 59.3 Å². The number of pyridine rings is 6. The van der Waals surface area contributed by atoms with Gasteiger partial charge in [-0.15, -0.1) is 0 Å². The first-order valence-corrected chi connectivity index (χ1v) is 44.9. The second-order valence-electron chi connectivity index (χ2n) is 33.3. The van der Waals surface area contributed by atoms with E-state index in [-0.39, 0.29) is 73.7 Å². The van der Waals surface area contributed by atoms with Crippen molar-refractivity contribution in [3.8, 4) is 17.6 Å². The van der Waals surface area contributed by atoms with Gasteiger partial charge in [0, 0.05) is 113 Å². The molecule has 12 aromatic rings. The van der Waals surface area contributed by atoms with E-state index in [0.29, 0.717) is 126 Å². The molecule has 119 heavy (non-hydrogen) atoms.